The van der Waals surface area contributed by atoms with Crippen molar-refractivity contribution in [3.05, 3.63) is 51.3 Å². The number of aryl methyl sites for hydroxylation is 1. The van der Waals surface area contributed by atoms with Gasteiger partial charge in [-0.2, -0.15) is 5.10 Å². The van der Waals surface area contributed by atoms with E-state index in [1.165, 1.54) is 0 Å². The van der Waals surface area contributed by atoms with Crippen molar-refractivity contribution in [2.75, 3.05) is 6.61 Å². The van der Waals surface area contributed by atoms with Crippen molar-refractivity contribution in [1.82, 2.24) is 15.1 Å². The highest BCUT2D eigenvalue weighted by atomic mass is 35.5. The van der Waals surface area contributed by atoms with Crippen LogP contribution < -0.4 is 5.32 Å². The van der Waals surface area contributed by atoms with Gasteiger partial charge in [-0.15, -0.1) is 0 Å². The number of rotatable bonds is 7. The third kappa shape index (κ3) is 5.47. The summed E-state index contributed by atoms with van der Waals surface area (Å²) in [6.07, 6.45) is 0. The van der Waals surface area contributed by atoms with Crippen molar-refractivity contribution >= 4 is 35.1 Å². The smallest absolute Gasteiger partial charge is 0.343 e. The number of esters is 1. The number of ether oxygens (including phenoxy) is 1. The average molecular weight is 398 g/mol. The van der Waals surface area contributed by atoms with Crippen LogP contribution in [-0.2, 0) is 22.6 Å². The number of carbonyl (C=O) groups is 2. The monoisotopic (exact) mass is 397 g/mol. The molecule has 0 fully saturated rings. The van der Waals surface area contributed by atoms with Crippen LogP contribution in [0.1, 0.15) is 35.5 Å². The van der Waals surface area contributed by atoms with Crippen molar-refractivity contribution in [3.8, 4) is 0 Å². The molecule has 26 heavy (non-hydrogen) atoms. The van der Waals surface area contributed by atoms with Gasteiger partial charge in [0.1, 0.15) is 10.7 Å². The second-order valence-electron chi connectivity index (χ2n) is 6.31. The lowest BCUT2D eigenvalue weighted by Gasteiger charge is -2.08. The number of nitrogens with one attached hydrogen (secondary N) is 1. The molecule has 0 atom stereocenters. The van der Waals surface area contributed by atoms with Crippen LogP contribution in [0, 0.1) is 12.8 Å². The SMILES string of the molecule is Cc1nn(CC(C)C)c(Cl)c1C(=O)OCC(=O)NCc1cccc(Cl)c1. The van der Waals surface area contributed by atoms with Crippen molar-refractivity contribution in [3.63, 3.8) is 0 Å². The maximum absolute atomic E-state index is 12.3. The number of benzene rings is 1. The average Bonchev–Trinajstić information content (AvgIpc) is 2.84. The molecule has 8 heteroatoms. The normalized spacial score (nSPS) is 10.8. The quantitative estimate of drug-likeness (QED) is 0.723. The van der Waals surface area contributed by atoms with E-state index in [4.69, 9.17) is 27.9 Å². The second-order valence-corrected chi connectivity index (χ2v) is 7.10. The lowest BCUT2D eigenvalue weighted by Crippen LogP contribution is -2.28. The molecule has 0 aliphatic carbocycles. The zero-order valence-electron chi connectivity index (χ0n) is 14.9. The summed E-state index contributed by atoms with van der Waals surface area (Å²) in [7, 11) is 0. The zero-order chi connectivity index (χ0) is 19.3. The number of halogens is 2. The zero-order valence-corrected chi connectivity index (χ0v) is 16.4. The summed E-state index contributed by atoms with van der Waals surface area (Å²) < 4.78 is 6.63. The molecule has 0 unspecified atom stereocenters. The molecule has 0 aliphatic heterocycles. The Labute approximate surface area is 162 Å². The van der Waals surface area contributed by atoms with Crippen LogP contribution in [0.15, 0.2) is 24.3 Å². The first-order chi connectivity index (χ1) is 12.3. The van der Waals surface area contributed by atoms with Gasteiger partial charge in [0, 0.05) is 18.1 Å². The largest absolute Gasteiger partial charge is 0.452 e. The van der Waals surface area contributed by atoms with Gasteiger partial charge in [-0.1, -0.05) is 49.2 Å². The maximum atomic E-state index is 12.3. The Kier molecular flexibility index (Phi) is 7.06. The van der Waals surface area contributed by atoms with Gasteiger partial charge in [0.2, 0.25) is 0 Å². The van der Waals surface area contributed by atoms with Crippen LogP contribution in [0.3, 0.4) is 0 Å². The Morgan fingerprint density at radius 1 is 1.31 bits per heavy atom. The summed E-state index contributed by atoms with van der Waals surface area (Å²) in [5, 5.41) is 7.73. The Bertz CT molecular complexity index is 803. The first-order valence-corrected chi connectivity index (χ1v) is 8.94. The fourth-order valence-electron chi connectivity index (χ4n) is 2.35. The Balaban J connectivity index is 1.90. The Hall–Kier alpha value is -2.05. The van der Waals surface area contributed by atoms with Gasteiger partial charge in [0.15, 0.2) is 6.61 Å². The molecule has 1 aromatic heterocycles. The summed E-state index contributed by atoms with van der Waals surface area (Å²) in [6.45, 7) is 6.21. The van der Waals surface area contributed by atoms with Crippen LogP contribution in [0.2, 0.25) is 10.2 Å². The highest BCUT2D eigenvalue weighted by Crippen LogP contribution is 2.21. The molecule has 0 radical (unpaired) electrons. The molecule has 0 spiro atoms. The van der Waals surface area contributed by atoms with Gasteiger partial charge >= 0.3 is 5.97 Å². The van der Waals surface area contributed by atoms with E-state index in [1.54, 1.807) is 29.8 Å². The van der Waals surface area contributed by atoms with E-state index in [-0.39, 0.29) is 10.7 Å². The molecule has 0 aliphatic rings. The molecule has 1 aromatic carbocycles. The number of aromatic nitrogens is 2. The molecule has 1 amide bonds. The minimum absolute atomic E-state index is 0.190. The molecule has 1 N–H and O–H groups in total. The molecule has 0 saturated heterocycles. The van der Waals surface area contributed by atoms with E-state index in [1.807, 2.05) is 19.9 Å². The van der Waals surface area contributed by atoms with Crippen LogP contribution >= 0.6 is 23.2 Å². The first-order valence-electron chi connectivity index (χ1n) is 8.19. The number of amides is 1. The summed E-state index contributed by atoms with van der Waals surface area (Å²) in [5.41, 5.74) is 1.51. The van der Waals surface area contributed by atoms with Gasteiger partial charge in [0.25, 0.3) is 5.91 Å². The highest BCUT2D eigenvalue weighted by molar-refractivity contribution is 6.32. The van der Waals surface area contributed by atoms with E-state index >= 15 is 0 Å². The lowest BCUT2D eigenvalue weighted by atomic mass is 10.2. The van der Waals surface area contributed by atoms with Crippen molar-refractivity contribution in [2.24, 2.45) is 5.92 Å². The molecular weight excluding hydrogens is 377 g/mol. The van der Waals surface area contributed by atoms with Gasteiger partial charge in [0.05, 0.1) is 5.69 Å². The van der Waals surface area contributed by atoms with Crippen molar-refractivity contribution in [2.45, 2.75) is 33.9 Å². The number of hydrogen-bond donors (Lipinski definition) is 1. The fourth-order valence-corrected chi connectivity index (χ4v) is 2.89. The molecule has 140 valence electrons. The third-order valence-electron chi connectivity index (χ3n) is 3.52. The van der Waals surface area contributed by atoms with Crippen LogP contribution in [0.25, 0.3) is 0 Å². The van der Waals surface area contributed by atoms with E-state index in [2.05, 4.69) is 10.4 Å². The molecule has 6 nitrogen and oxygen atoms in total. The van der Waals surface area contributed by atoms with Gasteiger partial charge in [-0.25, -0.2) is 4.79 Å². The number of carbonyl (C=O) groups excluding carboxylic acids is 2. The summed E-state index contributed by atoms with van der Waals surface area (Å²) in [4.78, 5) is 24.1. The minimum atomic E-state index is -0.666. The third-order valence-corrected chi connectivity index (χ3v) is 4.14. The topological polar surface area (TPSA) is 73.2 Å². The molecule has 1 heterocycles. The fraction of sp³-hybridized carbons (Fsp3) is 0.389. The predicted molar refractivity (Wildman–Crippen MR) is 100 cm³/mol. The molecule has 2 aromatic rings. The maximum Gasteiger partial charge on any atom is 0.343 e. The molecule has 0 bridgehead atoms. The summed E-state index contributed by atoms with van der Waals surface area (Å²) in [5.74, 6) is -0.755. The van der Waals surface area contributed by atoms with E-state index in [0.717, 1.165) is 5.56 Å². The predicted octanol–water partition coefficient (Wildman–Crippen LogP) is 3.63. The second kappa shape index (κ2) is 9.05. The van der Waals surface area contributed by atoms with E-state index < -0.39 is 18.5 Å². The van der Waals surface area contributed by atoms with Crippen LogP contribution in [0.5, 0.6) is 0 Å². The van der Waals surface area contributed by atoms with Gasteiger partial charge < -0.3 is 10.1 Å². The van der Waals surface area contributed by atoms with Gasteiger partial charge in [-0.05, 0) is 30.5 Å². The highest BCUT2D eigenvalue weighted by Gasteiger charge is 2.22. The molecule has 0 saturated carbocycles. The standard InChI is InChI=1S/C18H21Cl2N3O3/c1-11(2)9-23-17(20)16(12(3)22-23)18(25)26-10-15(24)21-8-13-5-4-6-14(19)7-13/h4-7,11H,8-10H2,1-3H3,(H,21,24). The van der Waals surface area contributed by atoms with Crippen LogP contribution in [0.4, 0.5) is 0 Å². The summed E-state index contributed by atoms with van der Waals surface area (Å²) in [6, 6.07) is 7.13. The molecule has 2 rings (SSSR count). The van der Waals surface area contributed by atoms with E-state index in [9.17, 15) is 9.59 Å². The Morgan fingerprint density at radius 3 is 2.69 bits per heavy atom. The molecular formula is C18H21Cl2N3O3. The minimum Gasteiger partial charge on any atom is -0.452 e. The van der Waals surface area contributed by atoms with Crippen molar-refractivity contribution < 1.29 is 14.3 Å². The number of nitrogens with zero attached hydrogens (tertiary/aromatic N) is 2. The Morgan fingerprint density at radius 2 is 2.04 bits per heavy atom. The van der Waals surface area contributed by atoms with E-state index in [0.29, 0.717) is 29.7 Å². The number of hydrogen-bond acceptors (Lipinski definition) is 4. The van der Waals surface area contributed by atoms with Crippen LogP contribution in [-0.4, -0.2) is 28.3 Å². The first kappa shape index (κ1) is 20.3. The van der Waals surface area contributed by atoms with Crippen molar-refractivity contribution in [1.29, 1.82) is 0 Å². The van der Waals surface area contributed by atoms with Gasteiger partial charge in [-0.3, -0.25) is 9.48 Å². The summed E-state index contributed by atoms with van der Waals surface area (Å²) >= 11 is 12.1. The lowest BCUT2D eigenvalue weighted by molar-refractivity contribution is -0.124.